The van der Waals surface area contributed by atoms with Gasteiger partial charge in [-0.25, -0.2) is 0 Å². The van der Waals surface area contributed by atoms with E-state index < -0.39 is 0 Å². The zero-order valence-electron chi connectivity index (χ0n) is 14.2. The molecule has 0 spiro atoms. The average molecular weight is 307 g/mol. The third kappa shape index (κ3) is 3.03. The van der Waals surface area contributed by atoms with E-state index in [1.165, 1.54) is 16.7 Å². The Morgan fingerprint density at radius 1 is 1.00 bits per heavy atom. The molecule has 1 aliphatic heterocycles. The minimum absolute atomic E-state index is 0.0993. The first kappa shape index (κ1) is 15.8. The Hall–Kier alpha value is -2.09. The Labute approximate surface area is 139 Å². The molecule has 3 rings (SSSR count). The van der Waals surface area contributed by atoms with Gasteiger partial charge >= 0.3 is 0 Å². The lowest BCUT2D eigenvalue weighted by Crippen LogP contribution is -2.31. The average Bonchev–Trinajstić information content (AvgIpc) is 2.96. The molecule has 0 aliphatic carbocycles. The van der Waals surface area contributed by atoms with Gasteiger partial charge in [-0.3, -0.25) is 4.79 Å². The van der Waals surface area contributed by atoms with E-state index in [0.717, 1.165) is 13.0 Å². The monoisotopic (exact) mass is 307 g/mol. The van der Waals surface area contributed by atoms with Gasteiger partial charge in [-0.05, 0) is 42.9 Å². The summed E-state index contributed by atoms with van der Waals surface area (Å²) >= 11 is 0. The molecule has 2 aromatic rings. The van der Waals surface area contributed by atoms with Crippen molar-refractivity contribution < 1.29 is 4.79 Å². The molecule has 0 N–H and O–H groups in total. The molecule has 1 fully saturated rings. The van der Waals surface area contributed by atoms with Gasteiger partial charge in [0.2, 0.25) is 5.91 Å². The summed E-state index contributed by atoms with van der Waals surface area (Å²) < 4.78 is 0. The maximum atomic E-state index is 13.0. The number of amides is 1. The molecule has 120 valence electrons. The molecule has 3 unspecified atom stereocenters. The minimum atomic E-state index is 0.0993. The molecular formula is C21H25NO. The molecule has 23 heavy (non-hydrogen) atoms. The number of nitrogens with zero attached hydrogens (tertiary/aromatic N) is 1. The molecular weight excluding hydrogens is 282 g/mol. The molecule has 1 heterocycles. The first-order valence-corrected chi connectivity index (χ1v) is 8.50. The Kier molecular flexibility index (Phi) is 4.51. The molecule has 0 aromatic heterocycles. The van der Waals surface area contributed by atoms with Crippen LogP contribution in [0.5, 0.6) is 0 Å². The smallest absolute Gasteiger partial charge is 0.226 e. The Balaban J connectivity index is 1.78. The van der Waals surface area contributed by atoms with Gasteiger partial charge in [0, 0.05) is 12.5 Å². The van der Waals surface area contributed by atoms with Crippen LogP contribution in [0, 0.1) is 12.8 Å². The van der Waals surface area contributed by atoms with Gasteiger partial charge < -0.3 is 4.90 Å². The van der Waals surface area contributed by atoms with Gasteiger partial charge in [-0.2, -0.15) is 0 Å². The molecule has 0 radical (unpaired) electrons. The van der Waals surface area contributed by atoms with E-state index in [2.05, 4.69) is 62.1 Å². The highest BCUT2D eigenvalue weighted by atomic mass is 16.2. The summed E-state index contributed by atoms with van der Waals surface area (Å²) in [6, 6.07) is 18.9. The van der Waals surface area contributed by atoms with Crippen LogP contribution in [-0.4, -0.2) is 17.4 Å². The SMILES string of the molecule is Cc1ccccc1C(C)C1CCN(C(C)c2ccccc2)C1=O. The van der Waals surface area contributed by atoms with Crippen LogP contribution in [0.4, 0.5) is 0 Å². The largest absolute Gasteiger partial charge is 0.336 e. The fraction of sp³-hybridized carbons (Fsp3) is 0.381. The lowest BCUT2D eigenvalue weighted by Gasteiger charge is -2.26. The highest BCUT2D eigenvalue weighted by molar-refractivity contribution is 5.82. The molecule has 2 heteroatoms. The van der Waals surface area contributed by atoms with Crippen LogP contribution in [0.15, 0.2) is 54.6 Å². The molecule has 3 atom stereocenters. The van der Waals surface area contributed by atoms with E-state index in [4.69, 9.17) is 0 Å². The standard InChI is InChI=1S/C21H25NO/c1-15-9-7-8-12-19(15)16(2)20-13-14-22(21(20)23)17(3)18-10-5-4-6-11-18/h4-12,16-17,20H,13-14H2,1-3H3. The van der Waals surface area contributed by atoms with Crippen LogP contribution in [0.3, 0.4) is 0 Å². The van der Waals surface area contributed by atoms with Crippen LogP contribution < -0.4 is 0 Å². The van der Waals surface area contributed by atoms with Gasteiger partial charge in [-0.15, -0.1) is 0 Å². The quantitative estimate of drug-likeness (QED) is 0.801. The number of likely N-dealkylation sites (tertiary alicyclic amines) is 1. The first-order valence-electron chi connectivity index (χ1n) is 8.50. The third-order valence-corrected chi connectivity index (χ3v) is 5.31. The van der Waals surface area contributed by atoms with Crippen LogP contribution in [0.1, 0.15) is 48.9 Å². The summed E-state index contributed by atoms with van der Waals surface area (Å²) in [6.45, 7) is 7.32. The summed E-state index contributed by atoms with van der Waals surface area (Å²) in [5.74, 6) is 0.677. The molecule has 2 nitrogen and oxygen atoms in total. The van der Waals surface area contributed by atoms with Gasteiger partial charge in [0.1, 0.15) is 0 Å². The first-order chi connectivity index (χ1) is 11.1. The van der Waals surface area contributed by atoms with Crippen LogP contribution in [0.25, 0.3) is 0 Å². The topological polar surface area (TPSA) is 20.3 Å². The predicted octanol–water partition coefficient (Wildman–Crippen LogP) is 4.71. The van der Waals surface area contributed by atoms with E-state index in [0.29, 0.717) is 5.91 Å². The highest BCUT2D eigenvalue weighted by Gasteiger charge is 2.38. The van der Waals surface area contributed by atoms with Gasteiger partial charge in [0.25, 0.3) is 0 Å². The second-order valence-electron chi connectivity index (χ2n) is 6.66. The normalized spacial score (nSPS) is 20.6. The molecule has 0 bridgehead atoms. The van der Waals surface area contributed by atoms with Crippen molar-refractivity contribution in [3.8, 4) is 0 Å². The summed E-state index contributed by atoms with van der Waals surface area (Å²) in [5.41, 5.74) is 3.80. The Morgan fingerprint density at radius 2 is 1.65 bits per heavy atom. The summed E-state index contributed by atoms with van der Waals surface area (Å²) in [5, 5.41) is 0. The second-order valence-corrected chi connectivity index (χ2v) is 6.66. The van der Waals surface area contributed by atoms with Gasteiger partial charge in [0.15, 0.2) is 0 Å². The van der Waals surface area contributed by atoms with Crippen molar-refractivity contribution in [1.82, 2.24) is 4.90 Å². The van der Waals surface area contributed by atoms with Crippen molar-refractivity contribution in [2.75, 3.05) is 6.54 Å². The number of rotatable bonds is 4. The van der Waals surface area contributed by atoms with Crippen molar-refractivity contribution in [3.63, 3.8) is 0 Å². The Bertz CT molecular complexity index is 679. The van der Waals surface area contributed by atoms with Crippen molar-refractivity contribution in [3.05, 3.63) is 71.3 Å². The number of carbonyl (C=O) groups is 1. The Morgan fingerprint density at radius 3 is 2.35 bits per heavy atom. The van der Waals surface area contributed by atoms with Crippen molar-refractivity contribution in [2.45, 2.75) is 39.2 Å². The van der Waals surface area contributed by atoms with Crippen LogP contribution in [0.2, 0.25) is 0 Å². The fourth-order valence-electron chi connectivity index (χ4n) is 3.80. The summed E-state index contributed by atoms with van der Waals surface area (Å²) in [4.78, 5) is 15.0. The summed E-state index contributed by atoms with van der Waals surface area (Å²) in [6.07, 6.45) is 0.950. The van der Waals surface area contributed by atoms with E-state index >= 15 is 0 Å². The number of carbonyl (C=O) groups excluding carboxylic acids is 1. The molecule has 1 aliphatic rings. The van der Waals surface area contributed by atoms with Crippen molar-refractivity contribution >= 4 is 5.91 Å². The van der Waals surface area contributed by atoms with E-state index in [1.54, 1.807) is 0 Å². The van der Waals surface area contributed by atoms with E-state index in [-0.39, 0.29) is 17.9 Å². The molecule has 2 aromatic carbocycles. The highest BCUT2D eigenvalue weighted by Crippen LogP contribution is 2.37. The van der Waals surface area contributed by atoms with Crippen LogP contribution in [-0.2, 0) is 4.79 Å². The van der Waals surface area contributed by atoms with Gasteiger partial charge in [-0.1, -0.05) is 61.5 Å². The third-order valence-electron chi connectivity index (χ3n) is 5.31. The molecule has 1 amide bonds. The molecule has 0 saturated carbocycles. The minimum Gasteiger partial charge on any atom is -0.336 e. The lowest BCUT2D eigenvalue weighted by molar-refractivity contribution is -0.133. The number of aryl methyl sites for hydroxylation is 1. The summed E-state index contributed by atoms with van der Waals surface area (Å²) in [7, 11) is 0. The van der Waals surface area contributed by atoms with E-state index in [1.807, 2.05) is 18.2 Å². The number of benzene rings is 2. The predicted molar refractivity (Wildman–Crippen MR) is 94.3 cm³/mol. The van der Waals surface area contributed by atoms with Gasteiger partial charge in [0.05, 0.1) is 6.04 Å². The zero-order valence-corrected chi connectivity index (χ0v) is 14.2. The zero-order chi connectivity index (χ0) is 16.4. The van der Waals surface area contributed by atoms with E-state index in [9.17, 15) is 4.79 Å². The molecule has 1 saturated heterocycles. The number of hydrogen-bond donors (Lipinski definition) is 0. The van der Waals surface area contributed by atoms with Crippen molar-refractivity contribution in [1.29, 1.82) is 0 Å². The van der Waals surface area contributed by atoms with Crippen LogP contribution >= 0.6 is 0 Å². The fourth-order valence-corrected chi connectivity index (χ4v) is 3.80. The van der Waals surface area contributed by atoms with Crippen molar-refractivity contribution in [2.24, 2.45) is 5.92 Å². The lowest BCUT2D eigenvalue weighted by atomic mass is 9.84. The number of hydrogen-bond acceptors (Lipinski definition) is 1. The maximum absolute atomic E-state index is 13.0. The maximum Gasteiger partial charge on any atom is 0.226 e. The second kappa shape index (κ2) is 6.57.